The number of halogens is 1. The summed E-state index contributed by atoms with van der Waals surface area (Å²) in [7, 11) is 0. The van der Waals surface area contributed by atoms with Gasteiger partial charge in [-0.25, -0.2) is 14.6 Å². The number of carboxylic acid groups (broad SMARTS) is 2. The summed E-state index contributed by atoms with van der Waals surface area (Å²) in [6, 6.07) is 5.62. The molecular formula is C22H28ClN3O5. The van der Waals surface area contributed by atoms with Crippen molar-refractivity contribution in [3.05, 3.63) is 52.1 Å². The summed E-state index contributed by atoms with van der Waals surface area (Å²) in [6.45, 7) is 5.92. The van der Waals surface area contributed by atoms with E-state index in [0.29, 0.717) is 24.2 Å². The monoisotopic (exact) mass is 449 g/mol. The van der Waals surface area contributed by atoms with Crippen molar-refractivity contribution in [2.75, 3.05) is 0 Å². The molecule has 2 atom stereocenters. The highest BCUT2D eigenvalue weighted by Gasteiger charge is 2.26. The predicted octanol–water partition coefficient (Wildman–Crippen LogP) is 3.85. The van der Waals surface area contributed by atoms with Gasteiger partial charge in [-0.3, -0.25) is 4.79 Å². The predicted molar refractivity (Wildman–Crippen MR) is 117 cm³/mol. The molecule has 0 aliphatic carbocycles. The number of aromatic carboxylic acids is 1. The molecule has 1 aromatic heterocycles. The summed E-state index contributed by atoms with van der Waals surface area (Å²) in [5.41, 5.74) is 1.03. The Morgan fingerprint density at radius 2 is 1.81 bits per heavy atom. The number of unbranched alkanes of at least 4 members (excludes halogenated alkanes) is 1. The number of nitrogens with one attached hydrogen (secondary N) is 1. The minimum Gasteiger partial charge on any atom is -0.480 e. The molecule has 3 N–H and O–H groups in total. The zero-order valence-electron chi connectivity index (χ0n) is 17.9. The highest BCUT2D eigenvalue weighted by Crippen LogP contribution is 2.21. The normalized spacial score (nSPS) is 12.9. The van der Waals surface area contributed by atoms with Crippen molar-refractivity contribution in [2.45, 2.75) is 59.0 Å². The van der Waals surface area contributed by atoms with Crippen molar-refractivity contribution in [2.24, 2.45) is 5.92 Å². The maximum Gasteiger partial charge on any atom is 0.355 e. The van der Waals surface area contributed by atoms with Crippen LogP contribution in [0.4, 0.5) is 0 Å². The second-order valence-electron chi connectivity index (χ2n) is 7.53. The third-order valence-corrected chi connectivity index (χ3v) is 5.55. The van der Waals surface area contributed by atoms with Crippen LogP contribution in [0.1, 0.15) is 72.3 Å². The fourth-order valence-corrected chi connectivity index (χ4v) is 3.50. The molecule has 2 rings (SSSR count). The van der Waals surface area contributed by atoms with Gasteiger partial charge in [-0.15, -0.1) is 0 Å². The van der Waals surface area contributed by atoms with E-state index >= 15 is 0 Å². The molecule has 1 heterocycles. The van der Waals surface area contributed by atoms with Gasteiger partial charge in [0, 0.05) is 18.5 Å². The molecule has 0 fully saturated rings. The van der Waals surface area contributed by atoms with E-state index in [2.05, 4.69) is 10.3 Å². The molecule has 0 bridgehead atoms. The van der Waals surface area contributed by atoms with Gasteiger partial charge in [-0.05, 0) is 30.0 Å². The van der Waals surface area contributed by atoms with E-state index in [1.54, 1.807) is 35.8 Å². The highest BCUT2D eigenvalue weighted by molar-refractivity contribution is 6.32. The quantitative estimate of drug-likeness (QED) is 0.479. The number of aryl methyl sites for hydroxylation is 1. The van der Waals surface area contributed by atoms with Crippen LogP contribution in [0.3, 0.4) is 0 Å². The van der Waals surface area contributed by atoms with Gasteiger partial charge < -0.3 is 20.1 Å². The lowest BCUT2D eigenvalue weighted by atomic mass is 9.99. The van der Waals surface area contributed by atoms with E-state index in [1.165, 1.54) is 0 Å². The van der Waals surface area contributed by atoms with Gasteiger partial charge in [0.1, 0.15) is 11.9 Å². The molecule has 0 spiro atoms. The Bertz CT molecular complexity index is 939. The summed E-state index contributed by atoms with van der Waals surface area (Å²) in [5.74, 6) is -2.30. The number of hydrogen-bond acceptors (Lipinski definition) is 4. The van der Waals surface area contributed by atoms with E-state index in [-0.39, 0.29) is 23.3 Å². The standard InChI is InChI=1S/C22H28ClN3O5/c1-4-6-7-16-24-19(23)18(22(30)31)26(16)12-14-8-10-15(11-9-14)20(27)25-17(21(28)29)13(3)5-2/h8-11,13,17H,4-7,12H2,1-3H3,(H,25,27)(H,28,29)(H,30,31)/t13-,17-/m0/s1. The Morgan fingerprint density at radius 1 is 1.16 bits per heavy atom. The Balaban J connectivity index is 2.22. The summed E-state index contributed by atoms with van der Waals surface area (Å²) in [6.07, 6.45) is 3.02. The van der Waals surface area contributed by atoms with Crippen molar-refractivity contribution >= 4 is 29.4 Å². The lowest BCUT2D eigenvalue weighted by molar-refractivity contribution is -0.140. The van der Waals surface area contributed by atoms with Gasteiger partial charge in [0.2, 0.25) is 0 Å². The number of amides is 1. The molecular weight excluding hydrogens is 422 g/mol. The van der Waals surface area contributed by atoms with Gasteiger partial charge in [0.25, 0.3) is 5.91 Å². The molecule has 1 amide bonds. The number of carbonyl (C=O) groups is 3. The fourth-order valence-electron chi connectivity index (χ4n) is 3.22. The number of imidazole rings is 1. The van der Waals surface area contributed by atoms with E-state index in [9.17, 15) is 24.6 Å². The van der Waals surface area contributed by atoms with Crippen LogP contribution in [0.5, 0.6) is 0 Å². The van der Waals surface area contributed by atoms with Crippen LogP contribution in [0.2, 0.25) is 5.15 Å². The first-order valence-corrected chi connectivity index (χ1v) is 10.7. The third-order valence-electron chi connectivity index (χ3n) is 5.28. The number of nitrogens with zero attached hydrogens (tertiary/aromatic N) is 2. The van der Waals surface area contributed by atoms with Crippen LogP contribution in [0, 0.1) is 5.92 Å². The van der Waals surface area contributed by atoms with E-state index in [1.807, 2.05) is 13.8 Å². The molecule has 0 saturated heterocycles. The van der Waals surface area contributed by atoms with Gasteiger partial charge in [-0.1, -0.05) is 57.3 Å². The number of carboxylic acids is 2. The van der Waals surface area contributed by atoms with Crippen LogP contribution < -0.4 is 5.32 Å². The zero-order chi connectivity index (χ0) is 23.1. The Kier molecular flexibility index (Phi) is 8.62. The number of aromatic nitrogens is 2. The second-order valence-corrected chi connectivity index (χ2v) is 7.89. The number of hydrogen-bond donors (Lipinski definition) is 3. The first kappa shape index (κ1) is 24.4. The Hall–Kier alpha value is -2.87. The molecule has 0 unspecified atom stereocenters. The summed E-state index contributed by atoms with van der Waals surface area (Å²) >= 11 is 6.05. The maximum atomic E-state index is 12.5. The lowest BCUT2D eigenvalue weighted by Gasteiger charge is -2.20. The summed E-state index contributed by atoms with van der Waals surface area (Å²) in [5, 5.41) is 21.4. The molecule has 0 aliphatic rings. The summed E-state index contributed by atoms with van der Waals surface area (Å²) < 4.78 is 1.58. The van der Waals surface area contributed by atoms with Crippen LogP contribution in [-0.2, 0) is 17.8 Å². The Labute approximate surface area is 186 Å². The van der Waals surface area contributed by atoms with Gasteiger partial charge >= 0.3 is 11.9 Å². The number of rotatable bonds is 11. The molecule has 168 valence electrons. The van der Waals surface area contributed by atoms with Crippen LogP contribution >= 0.6 is 11.6 Å². The van der Waals surface area contributed by atoms with Crippen LogP contribution in [0.25, 0.3) is 0 Å². The van der Waals surface area contributed by atoms with Crippen molar-refractivity contribution in [1.29, 1.82) is 0 Å². The van der Waals surface area contributed by atoms with Crippen molar-refractivity contribution < 1.29 is 24.6 Å². The molecule has 0 aliphatic heterocycles. The van der Waals surface area contributed by atoms with E-state index in [4.69, 9.17) is 11.6 Å². The molecule has 1 aromatic carbocycles. The van der Waals surface area contributed by atoms with Crippen molar-refractivity contribution in [3.63, 3.8) is 0 Å². The number of aliphatic carboxylic acids is 1. The molecule has 31 heavy (non-hydrogen) atoms. The molecule has 2 aromatic rings. The lowest BCUT2D eigenvalue weighted by Crippen LogP contribution is -2.45. The second kappa shape index (κ2) is 10.9. The van der Waals surface area contributed by atoms with Gasteiger partial charge in [0.15, 0.2) is 10.8 Å². The fraction of sp³-hybridized carbons (Fsp3) is 0.455. The van der Waals surface area contributed by atoms with Gasteiger partial charge in [0.05, 0.1) is 0 Å². The minimum absolute atomic E-state index is 0.0423. The minimum atomic E-state index is -1.15. The van der Waals surface area contributed by atoms with E-state index in [0.717, 1.165) is 18.4 Å². The smallest absolute Gasteiger partial charge is 0.355 e. The van der Waals surface area contributed by atoms with Crippen molar-refractivity contribution in [3.8, 4) is 0 Å². The molecule has 8 nitrogen and oxygen atoms in total. The average molecular weight is 450 g/mol. The largest absolute Gasteiger partial charge is 0.480 e. The topological polar surface area (TPSA) is 122 Å². The Morgan fingerprint density at radius 3 is 2.32 bits per heavy atom. The highest BCUT2D eigenvalue weighted by atomic mass is 35.5. The van der Waals surface area contributed by atoms with Crippen molar-refractivity contribution in [1.82, 2.24) is 14.9 Å². The van der Waals surface area contributed by atoms with Gasteiger partial charge in [-0.2, -0.15) is 0 Å². The first-order chi connectivity index (χ1) is 14.7. The number of carbonyl (C=O) groups excluding carboxylic acids is 1. The SMILES string of the molecule is CCCCc1nc(Cl)c(C(=O)O)n1Cc1ccc(C(=O)N[C@H](C(=O)O)[C@@H](C)CC)cc1. The number of benzene rings is 1. The van der Waals surface area contributed by atoms with Crippen LogP contribution in [-0.4, -0.2) is 43.7 Å². The summed E-state index contributed by atoms with van der Waals surface area (Å²) in [4.78, 5) is 39.8. The third kappa shape index (κ3) is 6.07. The van der Waals surface area contributed by atoms with Crippen LogP contribution in [0.15, 0.2) is 24.3 Å². The maximum absolute atomic E-state index is 12.5. The molecule has 0 saturated carbocycles. The molecule has 0 radical (unpaired) electrons. The van der Waals surface area contributed by atoms with E-state index < -0.39 is 23.9 Å². The average Bonchev–Trinajstić information content (AvgIpc) is 3.04. The first-order valence-electron chi connectivity index (χ1n) is 10.3. The zero-order valence-corrected chi connectivity index (χ0v) is 18.6. The molecule has 9 heteroatoms.